The summed E-state index contributed by atoms with van der Waals surface area (Å²) in [7, 11) is -3.89. The zero-order valence-electron chi connectivity index (χ0n) is 22.3. The van der Waals surface area contributed by atoms with Gasteiger partial charge >= 0.3 is 8.80 Å². The summed E-state index contributed by atoms with van der Waals surface area (Å²) in [6.07, 6.45) is 25.5. The molecule has 0 fully saturated rings. The minimum Gasteiger partial charge on any atom is -0.390 e. The van der Waals surface area contributed by atoms with E-state index in [1.807, 2.05) is 0 Å². The Morgan fingerprint density at radius 3 is 1.09 bits per heavy atom. The average molecular weight is 475 g/mol. The summed E-state index contributed by atoms with van der Waals surface area (Å²) in [6, 6.07) is 0.180. The second kappa shape index (κ2) is 21.6. The van der Waals surface area contributed by atoms with Crippen molar-refractivity contribution in [2.24, 2.45) is 0 Å². The van der Waals surface area contributed by atoms with Crippen LogP contribution < -0.4 is 0 Å². The van der Waals surface area contributed by atoms with Gasteiger partial charge in [-0.1, -0.05) is 111 Å². The van der Waals surface area contributed by atoms with Gasteiger partial charge in [0, 0.05) is 12.5 Å². The average Bonchev–Trinajstić information content (AvgIpc) is 2.73. The van der Waals surface area contributed by atoms with Gasteiger partial charge in [-0.15, -0.1) is 0 Å². The molecule has 0 saturated heterocycles. The predicted molar refractivity (Wildman–Crippen MR) is 142 cm³/mol. The monoisotopic (exact) mass is 474 g/mol. The van der Waals surface area contributed by atoms with Gasteiger partial charge in [-0.3, -0.25) is 0 Å². The van der Waals surface area contributed by atoms with Crippen molar-refractivity contribution in [3.8, 4) is 0 Å². The lowest BCUT2D eigenvalue weighted by atomic mass is 10.0. The molecule has 0 aliphatic carbocycles. The molecule has 5 heteroatoms. The van der Waals surface area contributed by atoms with Gasteiger partial charge in [-0.05, 0) is 25.7 Å². The summed E-state index contributed by atoms with van der Waals surface area (Å²) < 4.78 is 1.09. The summed E-state index contributed by atoms with van der Waals surface area (Å²) in [4.78, 5) is 28.0. The van der Waals surface area contributed by atoms with E-state index in [2.05, 4.69) is 20.8 Å². The van der Waals surface area contributed by atoms with Crippen molar-refractivity contribution in [2.75, 3.05) is 26.2 Å². The van der Waals surface area contributed by atoms with Crippen molar-refractivity contribution in [3.63, 3.8) is 0 Å². The standard InChI is InChI=1S/C27H60NO3Si/c1-4-7-8-9-10-11-12-13-14-15-16-17-18-19-20-21-25-28(23-5-2,24-6-3)26-22-27-32(29,30)31/h29-31H,4-27H2,1-3H3/q+1. The van der Waals surface area contributed by atoms with Crippen molar-refractivity contribution in [1.82, 2.24) is 0 Å². The van der Waals surface area contributed by atoms with Crippen LogP contribution in [0.2, 0.25) is 6.04 Å². The summed E-state index contributed by atoms with van der Waals surface area (Å²) in [5.41, 5.74) is 0. The van der Waals surface area contributed by atoms with Gasteiger partial charge in [0.2, 0.25) is 0 Å². The molecule has 194 valence electrons. The first kappa shape index (κ1) is 32.1. The molecule has 0 saturated carbocycles. The fourth-order valence-corrected chi connectivity index (χ4v) is 5.90. The molecular weight excluding hydrogens is 414 g/mol. The fraction of sp³-hybridized carbons (Fsp3) is 1.00. The van der Waals surface area contributed by atoms with Crippen molar-refractivity contribution >= 4 is 8.80 Å². The molecule has 0 unspecified atom stereocenters. The summed E-state index contributed by atoms with van der Waals surface area (Å²) in [5, 5.41) is 0. The highest BCUT2D eigenvalue weighted by atomic mass is 28.4. The lowest BCUT2D eigenvalue weighted by molar-refractivity contribution is -0.928. The van der Waals surface area contributed by atoms with E-state index >= 15 is 0 Å². The third-order valence-electron chi connectivity index (χ3n) is 7.03. The number of quaternary nitrogens is 1. The Hall–Kier alpha value is 0.0569. The molecule has 0 bridgehead atoms. The molecule has 0 aromatic carbocycles. The lowest BCUT2D eigenvalue weighted by Gasteiger charge is -2.39. The Morgan fingerprint density at radius 1 is 0.406 bits per heavy atom. The van der Waals surface area contributed by atoms with E-state index in [9.17, 15) is 14.4 Å². The number of nitrogens with zero attached hydrogens (tertiary/aromatic N) is 1. The summed E-state index contributed by atoms with van der Waals surface area (Å²) in [5.74, 6) is 0. The normalized spacial score (nSPS) is 12.6. The minimum absolute atomic E-state index is 0.180. The fourth-order valence-electron chi connectivity index (χ4n) is 5.27. The maximum Gasteiger partial charge on any atom is 0.492 e. The van der Waals surface area contributed by atoms with Crippen LogP contribution in [0.3, 0.4) is 0 Å². The third kappa shape index (κ3) is 20.6. The van der Waals surface area contributed by atoms with E-state index in [0.29, 0.717) is 6.42 Å². The van der Waals surface area contributed by atoms with Crippen LogP contribution in [-0.2, 0) is 0 Å². The topological polar surface area (TPSA) is 60.7 Å². The molecule has 0 heterocycles. The second-order valence-electron chi connectivity index (χ2n) is 10.4. The van der Waals surface area contributed by atoms with Crippen LogP contribution in [0.4, 0.5) is 0 Å². The first-order chi connectivity index (χ1) is 15.4. The molecule has 0 aliphatic heterocycles. The molecule has 0 spiro atoms. The van der Waals surface area contributed by atoms with Crippen LogP contribution in [0.1, 0.15) is 143 Å². The van der Waals surface area contributed by atoms with Crippen LogP contribution in [0.15, 0.2) is 0 Å². The first-order valence-electron chi connectivity index (χ1n) is 14.4. The van der Waals surface area contributed by atoms with Crippen LogP contribution in [0, 0.1) is 0 Å². The number of hydrogen-bond acceptors (Lipinski definition) is 3. The zero-order chi connectivity index (χ0) is 24.0. The minimum atomic E-state index is -3.89. The van der Waals surface area contributed by atoms with E-state index in [-0.39, 0.29) is 6.04 Å². The number of unbranched alkanes of at least 4 members (excludes halogenated alkanes) is 15. The SMILES string of the molecule is CCCCCCCCCCCCCCCCCC[N+](CCC)(CCC)CCC[Si](O)(O)O. The van der Waals surface area contributed by atoms with Gasteiger partial charge in [0.1, 0.15) is 0 Å². The van der Waals surface area contributed by atoms with E-state index in [4.69, 9.17) is 0 Å². The largest absolute Gasteiger partial charge is 0.492 e. The lowest BCUT2D eigenvalue weighted by Crippen LogP contribution is -2.51. The highest BCUT2D eigenvalue weighted by Crippen LogP contribution is 2.18. The van der Waals surface area contributed by atoms with Crippen LogP contribution in [0.25, 0.3) is 0 Å². The second-order valence-corrected chi connectivity index (χ2v) is 12.5. The van der Waals surface area contributed by atoms with Crippen LogP contribution in [0.5, 0.6) is 0 Å². The smallest absolute Gasteiger partial charge is 0.390 e. The Labute approximate surface area is 202 Å². The zero-order valence-corrected chi connectivity index (χ0v) is 23.3. The third-order valence-corrected chi connectivity index (χ3v) is 8.05. The predicted octanol–water partition coefficient (Wildman–Crippen LogP) is 7.19. The Morgan fingerprint density at radius 2 is 0.750 bits per heavy atom. The maximum atomic E-state index is 9.34. The van der Waals surface area contributed by atoms with Crippen molar-refractivity contribution in [3.05, 3.63) is 0 Å². The molecular formula is C27H60NO3Si+. The highest BCUT2D eigenvalue weighted by molar-refractivity contribution is 6.56. The van der Waals surface area contributed by atoms with Crippen LogP contribution in [-0.4, -0.2) is 53.9 Å². The molecule has 0 aromatic heterocycles. The number of rotatable bonds is 25. The molecule has 0 aromatic rings. The molecule has 3 N–H and O–H groups in total. The van der Waals surface area contributed by atoms with Gasteiger partial charge < -0.3 is 18.9 Å². The van der Waals surface area contributed by atoms with E-state index in [1.165, 1.54) is 135 Å². The van der Waals surface area contributed by atoms with Crippen molar-refractivity contribution < 1.29 is 18.9 Å². The van der Waals surface area contributed by atoms with Crippen molar-refractivity contribution in [1.29, 1.82) is 0 Å². The maximum absolute atomic E-state index is 9.34. The van der Waals surface area contributed by atoms with E-state index in [1.54, 1.807) is 0 Å². The van der Waals surface area contributed by atoms with Gasteiger partial charge in [0.25, 0.3) is 0 Å². The van der Waals surface area contributed by atoms with Gasteiger partial charge in [-0.2, -0.15) is 0 Å². The van der Waals surface area contributed by atoms with Crippen molar-refractivity contribution in [2.45, 2.75) is 149 Å². The number of hydrogen-bond donors (Lipinski definition) is 3. The van der Waals surface area contributed by atoms with Gasteiger partial charge in [0.05, 0.1) is 26.2 Å². The summed E-state index contributed by atoms with van der Waals surface area (Å²) in [6.45, 7) is 11.3. The Balaban J connectivity index is 3.75. The van der Waals surface area contributed by atoms with Gasteiger partial charge in [-0.25, -0.2) is 0 Å². The Kier molecular flexibility index (Phi) is 21.6. The molecule has 0 atom stereocenters. The Bertz CT molecular complexity index is 382. The molecule has 0 amide bonds. The molecule has 0 rings (SSSR count). The molecule has 32 heavy (non-hydrogen) atoms. The van der Waals surface area contributed by atoms with E-state index < -0.39 is 8.80 Å². The van der Waals surface area contributed by atoms with E-state index in [0.717, 1.165) is 11.0 Å². The van der Waals surface area contributed by atoms with Gasteiger partial charge in [0.15, 0.2) is 0 Å². The first-order valence-corrected chi connectivity index (χ1v) is 16.5. The van der Waals surface area contributed by atoms with Crippen LogP contribution >= 0.6 is 0 Å². The summed E-state index contributed by atoms with van der Waals surface area (Å²) >= 11 is 0. The quantitative estimate of drug-likeness (QED) is 0.0745. The molecule has 4 nitrogen and oxygen atoms in total. The molecule has 0 aliphatic rings. The highest BCUT2D eigenvalue weighted by Gasteiger charge is 2.30. The molecule has 0 radical (unpaired) electrons.